The van der Waals surface area contributed by atoms with E-state index in [9.17, 15) is 15.0 Å². The molecule has 0 saturated heterocycles. The van der Waals surface area contributed by atoms with E-state index in [4.69, 9.17) is 4.74 Å². The van der Waals surface area contributed by atoms with Gasteiger partial charge in [-0.2, -0.15) is 0 Å². The van der Waals surface area contributed by atoms with Gasteiger partial charge >= 0.3 is 5.97 Å². The monoisotopic (exact) mass is 430 g/mol. The Hall–Kier alpha value is -1.57. The van der Waals surface area contributed by atoms with E-state index < -0.39 is 6.10 Å². The van der Waals surface area contributed by atoms with Crippen LogP contribution in [0.4, 0.5) is 0 Å². The minimum atomic E-state index is -0.526. The topological polar surface area (TPSA) is 66.8 Å². The lowest BCUT2D eigenvalue weighted by Gasteiger charge is -2.19. The van der Waals surface area contributed by atoms with Gasteiger partial charge in [0.2, 0.25) is 0 Å². The lowest BCUT2D eigenvalue weighted by molar-refractivity contribution is -0.150. The highest BCUT2D eigenvalue weighted by atomic mass is 16.5. The Bertz CT molecular complexity index is 696. The van der Waals surface area contributed by atoms with Crippen molar-refractivity contribution in [1.29, 1.82) is 0 Å². The lowest BCUT2D eigenvalue weighted by Crippen LogP contribution is -2.19. The summed E-state index contributed by atoms with van der Waals surface area (Å²) in [4.78, 5) is 11.9. The van der Waals surface area contributed by atoms with E-state index in [0.29, 0.717) is 30.6 Å². The number of hydrogen-bond donors (Lipinski definition) is 2. The Morgan fingerprint density at radius 2 is 2.00 bits per heavy atom. The van der Waals surface area contributed by atoms with Gasteiger partial charge in [0.05, 0.1) is 12.2 Å². The van der Waals surface area contributed by atoms with Crippen LogP contribution in [0.2, 0.25) is 0 Å². The first-order valence-electron chi connectivity index (χ1n) is 12.0. The van der Waals surface area contributed by atoms with Gasteiger partial charge in [0.25, 0.3) is 0 Å². The van der Waals surface area contributed by atoms with E-state index in [-0.39, 0.29) is 30.0 Å². The number of carbonyl (C=O) groups is 1. The molecule has 0 aromatic heterocycles. The third kappa shape index (κ3) is 7.81. The molecule has 0 bridgehead atoms. The summed E-state index contributed by atoms with van der Waals surface area (Å²) in [6, 6.07) is 0. The fourth-order valence-corrected chi connectivity index (χ4v) is 4.71. The molecular formula is C27H42O4. The molecule has 2 saturated carbocycles. The quantitative estimate of drug-likeness (QED) is 0.220. The second kappa shape index (κ2) is 12.5. The summed E-state index contributed by atoms with van der Waals surface area (Å²) in [5.74, 6) is 7.32. The Kier molecular flexibility index (Phi) is 10.3. The molecule has 4 nitrogen and oxygen atoms in total. The molecule has 7 unspecified atom stereocenters. The molecule has 7 atom stereocenters. The zero-order chi connectivity index (χ0) is 23.0. The smallest absolute Gasteiger partial charge is 0.306 e. The third-order valence-electron chi connectivity index (χ3n) is 7.10. The second-order valence-corrected chi connectivity index (χ2v) is 9.89. The van der Waals surface area contributed by atoms with Crippen molar-refractivity contribution in [2.24, 2.45) is 29.6 Å². The number of fused-ring (bicyclic) bond motifs is 1. The van der Waals surface area contributed by atoms with E-state index in [1.54, 1.807) is 0 Å². The van der Waals surface area contributed by atoms with Crippen molar-refractivity contribution in [3.63, 3.8) is 0 Å². The Morgan fingerprint density at radius 3 is 2.68 bits per heavy atom. The van der Waals surface area contributed by atoms with Gasteiger partial charge in [0, 0.05) is 18.8 Å². The third-order valence-corrected chi connectivity index (χ3v) is 7.10. The molecule has 2 aliphatic carbocycles. The number of aliphatic hydroxyl groups is 2. The molecule has 0 radical (unpaired) electrons. The molecule has 31 heavy (non-hydrogen) atoms. The molecule has 2 aliphatic rings. The number of carbonyl (C=O) groups excluding carboxylic acids is 1. The highest BCUT2D eigenvalue weighted by molar-refractivity contribution is 5.69. The van der Waals surface area contributed by atoms with E-state index in [2.05, 4.69) is 31.8 Å². The first-order chi connectivity index (χ1) is 14.7. The van der Waals surface area contributed by atoms with Gasteiger partial charge < -0.3 is 14.9 Å². The normalized spacial score (nSPS) is 29.6. The van der Waals surface area contributed by atoms with Crippen LogP contribution in [0.1, 0.15) is 79.6 Å². The molecule has 0 amide bonds. The van der Waals surface area contributed by atoms with Gasteiger partial charge in [-0.15, -0.1) is 11.8 Å². The van der Waals surface area contributed by atoms with Crippen molar-refractivity contribution >= 4 is 5.97 Å². The number of aliphatic hydroxyl groups excluding tert-OH is 2. The highest BCUT2D eigenvalue weighted by Gasteiger charge is 2.44. The highest BCUT2D eigenvalue weighted by Crippen LogP contribution is 2.50. The molecule has 0 spiro atoms. The average molecular weight is 431 g/mol. The zero-order valence-electron chi connectivity index (χ0n) is 20.0. The van der Waals surface area contributed by atoms with Gasteiger partial charge in [-0.25, -0.2) is 0 Å². The fourth-order valence-electron chi connectivity index (χ4n) is 4.71. The van der Waals surface area contributed by atoms with Gasteiger partial charge in [0.15, 0.2) is 0 Å². The van der Waals surface area contributed by atoms with Crippen LogP contribution in [0.5, 0.6) is 0 Å². The minimum Gasteiger partial charge on any atom is -0.462 e. The van der Waals surface area contributed by atoms with Crippen molar-refractivity contribution in [2.45, 2.75) is 97.9 Å². The number of rotatable bonds is 10. The molecule has 0 aliphatic heterocycles. The van der Waals surface area contributed by atoms with Crippen molar-refractivity contribution in [2.75, 3.05) is 0 Å². The summed E-state index contributed by atoms with van der Waals surface area (Å²) in [5, 5.41) is 20.9. The molecule has 174 valence electrons. The standard InChI is InChI=1S/C27H42O4/c1-6-7-10-19(4)25(28)14-13-23-24-16-21(15-22(24)17-26(23)29)11-8-9-12-27(30)31-20(5)18(2)3/h11,13-14,18-20,22-26,28-29H,8-10,12,15-17H2,1-5H3. The first kappa shape index (κ1) is 25.7. The molecule has 2 N–H and O–H groups in total. The summed E-state index contributed by atoms with van der Waals surface area (Å²) in [5.41, 5.74) is 1.45. The Morgan fingerprint density at radius 1 is 1.26 bits per heavy atom. The van der Waals surface area contributed by atoms with Crippen molar-refractivity contribution in [3.05, 3.63) is 23.8 Å². The minimum absolute atomic E-state index is 0.0300. The summed E-state index contributed by atoms with van der Waals surface area (Å²) < 4.78 is 5.43. The molecular weight excluding hydrogens is 388 g/mol. The summed E-state index contributed by atoms with van der Waals surface area (Å²) in [6.07, 6.45) is 11.1. The van der Waals surface area contributed by atoms with Gasteiger partial charge in [-0.05, 0) is 69.6 Å². The van der Waals surface area contributed by atoms with Crippen LogP contribution < -0.4 is 0 Å². The fraction of sp³-hybridized carbons (Fsp3) is 0.741. The number of allylic oxidation sites excluding steroid dienone is 2. The van der Waals surface area contributed by atoms with Gasteiger partial charge in [-0.1, -0.05) is 44.6 Å². The largest absolute Gasteiger partial charge is 0.462 e. The second-order valence-electron chi connectivity index (χ2n) is 9.89. The summed E-state index contributed by atoms with van der Waals surface area (Å²) in [6.45, 7) is 9.87. The van der Waals surface area contributed by atoms with E-state index >= 15 is 0 Å². The number of ether oxygens (including phenoxy) is 1. The predicted octanol–water partition coefficient (Wildman–Crippen LogP) is 5.04. The van der Waals surface area contributed by atoms with E-state index in [0.717, 1.165) is 32.1 Å². The maximum absolute atomic E-state index is 11.9. The van der Waals surface area contributed by atoms with Crippen molar-refractivity contribution < 1.29 is 19.7 Å². The Balaban J connectivity index is 1.81. The predicted molar refractivity (Wildman–Crippen MR) is 125 cm³/mol. The maximum Gasteiger partial charge on any atom is 0.306 e. The summed E-state index contributed by atoms with van der Waals surface area (Å²) >= 11 is 0. The SMILES string of the molecule is CC#CCC(C)C(O)C=CC1C(O)CC2CC(=CCCCC(=O)OC(C)C(C)C)CC21. The van der Waals surface area contributed by atoms with Crippen LogP contribution in [0.15, 0.2) is 23.8 Å². The van der Waals surface area contributed by atoms with Crippen LogP contribution in [-0.4, -0.2) is 34.5 Å². The van der Waals surface area contributed by atoms with Crippen LogP contribution in [0, 0.1) is 41.4 Å². The average Bonchev–Trinajstić information content (AvgIpc) is 3.23. The lowest BCUT2D eigenvalue weighted by atomic mass is 9.89. The number of unbranched alkanes of at least 4 members (excludes halogenated alkanes) is 1. The van der Waals surface area contributed by atoms with Crippen LogP contribution >= 0.6 is 0 Å². The van der Waals surface area contributed by atoms with Crippen LogP contribution in [0.3, 0.4) is 0 Å². The molecule has 0 aromatic carbocycles. The van der Waals surface area contributed by atoms with E-state index in [1.807, 2.05) is 32.9 Å². The molecule has 2 fully saturated rings. The molecule has 0 aromatic rings. The summed E-state index contributed by atoms with van der Waals surface area (Å²) in [7, 11) is 0. The Labute approximate surface area is 189 Å². The molecule has 0 heterocycles. The molecule has 2 rings (SSSR count). The maximum atomic E-state index is 11.9. The van der Waals surface area contributed by atoms with Crippen LogP contribution in [-0.2, 0) is 9.53 Å². The van der Waals surface area contributed by atoms with E-state index in [1.165, 1.54) is 5.57 Å². The number of esters is 1. The molecule has 4 heteroatoms. The van der Waals surface area contributed by atoms with Gasteiger partial charge in [-0.3, -0.25) is 4.79 Å². The number of hydrogen-bond acceptors (Lipinski definition) is 4. The van der Waals surface area contributed by atoms with Crippen LogP contribution in [0.25, 0.3) is 0 Å². The van der Waals surface area contributed by atoms with Crippen molar-refractivity contribution in [3.8, 4) is 11.8 Å². The first-order valence-corrected chi connectivity index (χ1v) is 12.0. The van der Waals surface area contributed by atoms with Crippen molar-refractivity contribution in [1.82, 2.24) is 0 Å². The zero-order valence-corrected chi connectivity index (χ0v) is 20.0. The van der Waals surface area contributed by atoms with Gasteiger partial charge in [0.1, 0.15) is 6.10 Å².